The van der Waals surface area contributed by atoms with E-state index in [1.807, 2.05) is 13.0 Å². The fourth-order valence-corrected chi connectivity index (χ4v) is 1.92. The van der Waals surface area contributed by atoms with Gasteiger partial charge in [-0.2, -0.15) is 0 Å². The summed E-state index contributed by atoms with van der Waals surface area (Å²) in [7, 11) is 4.82. The van der Waals surface area contributed by atoms with E-state index < -0.39 is 6.29 Å². The first-order valence-corrected chi connectivity index (χ1v) is 5.84. The third-order valence-corrected chi connectivity index (χ3v) is 3.13. The average Bonchev–Trinajstić information content (AvgIpc) is 2.37. The molecule has 102 valence electrons. The Hall–Kier alpha value is -1.10. The molecule has 0 heterocycles. The molecule has 0 saturated carbocycles. The van der Waals surface area contributed by atoms with Crippen LogP contribution in [0.15, 0.2) is 6.07 Å². The van der Waals surface area contributed by atoms with Crippen molar-refractivity contribution in [2.75, 3.05) is 28.1 Å². The standard InChI is InChI=1S/C14H22O4/c1-9-7-12(14(16-5)17-6)13(18-8-15-4)11(3)10(9)2/h7,14H,8H2,1-6H3. The van der Waals surface area contributed by atoms with E-state index >= 15 is 0 Å². The third kappa shape index (κ3) is 3.02. The predicted molar refractivity (Wildman–Crippen MR) is 69.9 cm³/mol. The summed E-state index contributed by atoms with van der Waals surface area (Å²) in [5, 5.41) is 0. The van der Waals surface area contributed by atoms with Crippen molar-refractivity contribution in [3.05, 3.63) is 28.3 Å². The van der Waals surface area contributed by atoms with E-state index in [1.54, 1.807) is 21.3 Å². The Morgan fingerprint density at radius 1 is 1.00 bits per heavy atom. The van der Waals surface area contributed by atoms with Crippen molar-refractivity contribution in [2.24, 2.45) is 0 Å². The molecule has 0 radical (unpaired) electrons. The van der Waals surface area contributed by atoms with Crippen LogP contribution in [0.25, 0.3) is 0 Å². The molecule has 0 spiro atoms. The second-order valence-corrected chi connectivity index (χ2v) is 4.22. The first-order chi connectivity index (χ1) is 8.56. The number of methoxy groups -OCH3 is 3. The second kappa shape index (κ2) is 6.73. The fourth-order valence-electron chi connectivity index (χ4n) is 1.92. The van der Waals surface area contributed by atoms with Crippen LogP contribution in [0, 0.1) is 20.8 Å². The maximum Gasteiger partial charge on any atom is 0.188 e. The van der Waals surface area contributed by atoms with Crippen LogP contribution in [-0.2, 0) is 14.2 Å². The molecule has 0 aliphatic heterocycles. The summed E-state index contributed by atoms with van der Waals surface area (Å²) in [6.07, 6.45) is -0.435. The molecule has 18 heavy (non-hydrogen) atoms. The molecule has 0 N–H and O–H groups in total. The zero-order valence-corrected chi connectivity index (χ0v) is 12.0. The van der Waals surface area contributed by atoms with Gasteiger partial charge in [-0.1, -0.05) is 0 Å². The molecule has 0 aliphatic carbocycles. The lowest BCUT2D eigenvalue weighted by Crippen LogP contribution is -2.11. The van der Waals surface area contributed by atoms with Crippen LogP contribution in [-0.4, -0.2) is 28.1 Å². The normalized spacial score (nSPS) is 11.1. The van der Waals surface area contributed by atoms with Crippen molar-refractivity contribution >= 4 is 0 Å². The van der Waals surface area contributed by atoms with Crippen molar-refractivity contribution in [2.45, 2.75) is 27.1 Å². The van der Waals surface area contributed by atoms with Crippen LogP contribution >= 0.6 is 0 Å². The molecule has 0 atom stereocenters. The van der Waals surface area contributed by atoms with Gasteiger partial charge in [0.05, 0.1) is 5.56 Å². The molecule has 0 amide bonds. The number of hydrogen-bond acceptors (Lipinski definition) is 4. The van der Waals surface area contributed by atoms with Gasteiger partial charge in [-0.05, 0) is 43.5 Å². The molecular weight excluding hydrogens is 232 g/mol. The SMILES string of the molecule is COCOc1c(C(OC)OC)cc(C)c(C)c1C. The first-order valence-electron chi connectivity index (χ1n) is 5.84. The number of benzene rings is 1. The summed E-state index contributed by atoms with van der Waals surface area (Å²) in [4.78, 5) is 0. The monoisotopic (exact) mass is 254 g/mol. The van der Waals surface area contributed by atoms with Crippen molar-refractivity contribution in [1.29, 1.82) is 0 Å². The Balaban J connectivity index is 3.28. The van der Waals surface area contributed by atoms with Crippen molar-refractivity contribution in [3.8, 4) is 5.75 Å². The van der Waals surface area contributed by atoms with Gasteiger partial charge >= 0.3 is 0 Å². The number of hydrogen-bond donors (Lipinski definition) is 0. The Morgan fingerprint density at radius 2 is 1.61 bits per heavy atom. The molecule has 0 aliphatic rings. The molecule has 0 bridgehead atoms. The van der Waals surface area contributed by atoms with Crippen LogP contribution in [0.2, 0.25) is 0 Å². The van der Waals surface area contributed by atoms with Gasteiger partial charge < -0.3 is 18.9 Å². The fraction of sp³-hybridized carbons (Fsp3) is 0.571. The van der Waals surface area contributed by atoms with Gasteiger partial charge in [-0.3, -0.25) is 0 Å². The molecule has 0 fully saturated rings. The van der Waals surface area contributed by atoms with Crippen molar-refractivity contribution < 1.29 is 18.9 Å². The van der Waals surface area contributed by atoms with Gasteiger partial charge in [-0.25, -0.2) is 0 Å². The van der Waals surface area contributed by atoms with Gasteiger partial charge in [0.2, 0.25) is 0 Å². The van der Waals surface area contributed by atoms with E-state index in [-0.39, 0.29) is 6.79 Å². The van der Waals surface area contributed by atoms with E-state index in [9.17, 15) is 0 Å². The van der Waals surface area contributed by atoms with E-state index in [1.165, 1.54) is 11.1 Å². The van der Waals surface area contributed by atoms with Gasteiger partial charge in [0.1, 0.15) is 5.75 Å². The van der Waals surface area contributed by atoms with Crippen LogP contribution in [0.1, 0.15) is 28.5 Å². The predicted octanol–water partition coefficient (Wildman–Crippen LogP) is 2.89. The second-order valence-electron chi connectivity index (χ2n) is 4.22. The molecular formula is C14H22O4. The lowest BCUT2D eigenvalue weighted by molar-refractivity contribution is -0.108. The topological polar surface area (TPSA) is 36.9 Å². The van der Waals surface area contributed by atoms with Crippen LogP contribution in [0.4, 0.5) is 0 Å². The van der Waals surface area contributed by atoms with E-state index in [2.05, 4.69) is 13.8 Å². The zero-order chi connectivity index (χ0) is 13.7. The maximum atomic E-state index is 5.66. The highest BCUT2D eigenvalue weighted by Gasteiger charge is 2.19. The molecule has 1 rings (SSSR count). The average molecular weight is 254 g/mol. The Morgan fingerprint density at radius 3 is 2.11 bits per heavy atom. The Kier molecular flexibility index (Phi) is 5.59. The van der Waals surface area contributed by atoms with Crippen molar-refractivity contribution in [1.82, 2.24) is 0 Å². The third-order valence-electron chi connectivity index (χ3n) is 3.13. The minimum atomic E-state index is -0.435. The Bertz CT molecular complexity index is 397. The molecule has 0 unspecified atom stereocenters. The molecule has 1 aromatic carbocycles. The molecule has 4 heteroatoms. The van der Waals surface area contributed by atoms with Gasteiger partial charge in [-0.15, -0.1) is 0 Å². The molecule has 4 nitrogen and oxygen atoms in total. The highest BCUT2D eigenvalue weighted by Crippen LogP contribution is 2.34. The minimum absolute atomic E-state index is 0.205. The summed E-state index contributed by atoms with van der Waals surface area (Å²) in [5.41, 5.74) is 4.36. The quantitative estimate of drug-likeness (QED) is 0.731. The number of ether oxygens (including phenoxy) is 4. The van der Waals surface area contributed by atoms with Gasteiger partial charge in [0, 0.05) is 21.3 Å². The smallest absolute Gasteiger partial charge is 0.188 e. The van der Waals surface area contributed by atoms with Crippen LogP contribution in [0.3, 0.4) is 0 Å². The zero-order valence-electron chi connectivity index (χ0n) is 12.0. The summed E-state index contributed by atoms with van der Waals surface area (Å²) in [5.74, 6) is 0.772. The summed E-state index contributed by atoms with van der Waals surface area (Å²) in [6.45, 7) is 6.37. The largest absolute Gasteiger partial charge is 0.467 e. The highest BCUT2D eigenvalue weighted by molar-refractivity contribution is 5.49. The van der Waals surface area contributed by atoms with Gasteiger partial charge in [0.15, 0.2) is 13.1 Å². The highest BCUT2D eigenvalue weighted by atomic mass is 16.7. The minimum Gasteiger partial charge on any atom is -0.467 e. The van der Waals surface area contributed by atoms with E-state index in [4.69, 9.17) is 18.9 Å². The summed E-state index contributed by atoms with van der Waals surface area (Å²) >= 11 is 0. The number of aryl methyl sites for hydroxylation is 1. The van der Waals surface area contributed by atoms with Crippen molar-refractivity contribution in [3.63, 3.8) is 0 Å². The van der Waals surface area contributed by atoms with Gasteiger partial charge in [0.25, 0.3) is 0 Å². The first kappa shape index (κ1) is 15.0. The molecule has 1 aromatic rings. The molecule has 0 aromatic heterocycles. The summed E-state index contributed by atoms with van der Waals surface area (Å²) in [6, 6.07) is 2.03. The van der Waals surface area contributed by atoms with Crippen LogP contribution in [0.5, 0.6) is 5.75 Å². The van der Waals surface area contributed by atoms with Crippen LogP contribution < -0.4 is 4.74 Å². The Labute approximate surface area is 109 Å². The maximum absolute atomic E-state index is 5.66. The summed E-state index contributed by atoms with van der Waals surface area (Å²) < 4.78 is 21.3. The lowest BCUT2D eigenvalue weighted by Gasteiger charge is -2.22. The lowest BCUT2D eigenvalue weighted by atomic mass is 9.98. The molecule has 0 saturated heterocycles. The van der Waals surface area contributed by atoms with E-state index in [0.717, 1.165) is 16.9 Å². The van der Waals surface area contributed by atoms with E-state index in [0.29, 0.717) is 0 Å². The number of rotatable bonds is 6.